The molecule has 0 radical (unpaired) electrons. The van der Waals surface area contributed by atoms with Crippen molar-refractivity contribution in [3.05, 3.63) is 12.2 Å². The summed E-state index contributed by atoms with van der Waals surface area (Å²) in [7, 11) is 0.882. The summed E-state index contributed by atoms with van der Waals surface area (Å²) in [4.78, 5) is 0. The molecule has 0 aliphatic heterocycles. The highest BCUT2D eigenvalue weighted by atomic mass is 28.3. The number of hydrogen-bond acceptors (Lipinski definition) is 1. The second-order valence-corrected chi connectivity index (χ2v) is 5.84. The summed E-state index contributed by atoms with van der Waals surface area (Å²) in [6.45, 7) is 2.08. The predicted molar refractivity (Wildman–Crippen MR) is 53.0 cm³/mol. The molecule has 0 N–H and O–H groups in total. The molecule has 0 aromatic carbocycles. The van der Waals surface area contributed by atoms with Crippen LogP contribution in [0.5, 0.6) is 0 Å². The van der Waals surface area contributed by atoms with E-state index >= 15 is 0 Å². The van der Waals surface area contributed by atoms with Gasteiger partial charge in [0, 0.05) is 0 Å². The predicted octanol–water partition coefficient (Wildman–Crippen LogP) is 0.532. The van der Waals surface area contributed by atoms with Crippen molar-refractivity contribution in [2.75, 3.05) is 0 Å². The van der Waals surface area contributed by atoms with Gasteiger partial charge in [-0.05, 0) is 19.4 Å². The van der Waals surface area contributed by atoms with Gasteiger partial charge in [0.05, 0.1) is 0 Å². The summed E-state index contributed by atoms with van der Waals surface area (Å²) in [6.07, 6.45) is 8.34. The summed E-state index contributed by atoms with van der Waals surface area (Å²) in [5.41, 5.74) is 0. The van der Waals surface area contributed by atoms with Crippen molar-refractivity contribution in [1.29, 1.82) is 0 Å². The molecule has 0 spiro atoms. The van der Waals surface area contributed by atoms with Crippen LogP contribution in [0.4, 0.5) is 0 Å². The molecule has 1 nitrogen and oxygen atoms in total. The molecule has 0 rings (SSSR count). The molecule has 0 heterocycles. The Morgan fingerprint density at radius 1 is 1.50 bits per heavy atom. The summed E-state index contributed by atoms with van der Waals surface area (Å²) >= 11 is 0. The zero-order valence-electron chi connectivity index (χ0n) is 7.10. The van der Waals surface area contributed by atoms with Crippen LogP contribution in [0.2, 0.25) is 6.04 Å². The van der Waals surface area contributed by atoms with E-state index in [-0.39, 0.29) is 9.76 Å². The van der Waals surface area contributed by atoms with Crippen LogP contribution in [0.3, 0.4) is 0 Å². The maximum atomic E-state index is 5.21. The zero-order valence-corrected chi connectivity index (χ0v) is 10.5. The van der Waals surface area contributed by atoms with Gasteiger partial charge in [-0.1, -0.05) is 25.0 Å². The maximum absolute atomic E-state index is 5.21. The second kappa shape index (κ2) is 9.13. The van der Waals surface area contributed by atoms with Crippen LogP contribution in [-0.2, 0) is 4.12 Å². The Labute approximate surface area is 69.3 Å². The van der Waals surface area contributed by atoms with Crippen molar-refractivity contribution in [2.45, 2.75) is 32.2 Å². The van der Waals surface area contributed by atoms with E-state index in [1.807, 2.05) is 0 Å². The molecule has 10 heavy (non-hydrogen) atoms. The fraction of sp³-hybridized carbons (Fsp3) is 0.714. The summed E-state index contributed by atoms with van der Waals surface area (Å²) < 4.78 is 5.21. The first-order valence-corrected chi connectivity index (χ1v) is 6.41. The third kappa shape index (κ3) is 8.13. The molecule has 0 bridgehead atoms. The van der Waals surface area contributed by atoms with Crippen LogP contribution >= 0.6 is 0 Å². The minimum Gasteiger partial charge on any atom is -0.468 e. The highest BCUT2D eigenvalue weighted by molar-refractivity contribution is 6.34. The molecular weight excluding hydrogens is 156 g/mol. The smallest absolute Gasteiger partial charge is 0.145 e. The highest BCUT2D eigenvalue weighted by Gasteiger charge is 1.85. The lowest BCUT2D eigenvalue weighted by molar-refractivity contribution is 0.649. The summed E-state index contributed by atoms with van der Waals surface area (Å²) in [5.74, 6) is 0. The molecule has 0 atom stereocenters. The van der Waals surface area contributed by atoms with Gasteiger partial charge in [0.2, 0.25) is 0 Å². The monoisotopic (exact) mass is 174 g/mol. The van der Waals surface area contributed by atoms with E-state index in [9.17, 15) is 0 Å². The van der Waals surface area contributed by atoms with Crippen molar-refractivity contribution < 1.29 is 4.12 Å². The van der Waals surface area contributed by atoms with Gasteiger partial charge in [-0.3, -0.25) is 0 Å². The average molecular weight is 174 g/mol. The summed E-state index contributed by atoms with van der Waals surface area (Å²) in [6, 6.07) is 1.38. The lowest BCUT2D eigenvalue weighted by atomic mass is 10.2. The van der Waals surface area contributed by atoms with Crippen LogP contribution < -0.4 is 0 Å². The third-order valence-corrected chi connectivity index (χ3v) is 3.88. The first-order valence-electron chi connectivity index (χ1n) is 4.02. The zero-order chi connectivity index (χ0) is 7.66. The lowest BCUT2D eigenvalue weighted by Crippen LogP contribution is -1.92. The Kier molecular flexibility index (Phi) is 9.26. The van der Waals surface area contributed by atoms with E-state index < -0.39 is 0 Å². The van der Waals surface area contributed by atoms with Crippen LogP contribution in [0.1, 0.15) is 26.2 Å². The van der Waals surface area contributed by atoms with Crippen molar-refractivity contribution in [1.82, 2.24) is 0 Å². The Hall–Kier alpha value is 0.134. The molecule has 0 fully saturated rings. The van der Waals surface area contributed by atoms with Gasteiger partial charge in [0.25, 0.3) is 0 Å². The lowest BCUT2D eigenvalue weighted by Gasteiger charge is -1.95. The van der Waals surface area contributed by atoms with E-state index in [1.165, 1.54) is 25.3 Å². The topological polar surface area (TPSA) is 9.23 Å². The van der Waals surface area contributed by atoms with E-state index in [4.69, 9.17) is 4.12 Å². The first kappa shape index (κ1) is 10.1. The largest absolute Gasteiger partial charge is 0.468 e. The fourth-order valence-electron chi connectivity index (χ4n) is 0.852. The Morgan fingerprint density at radius 2 is 2.30 bits per heavy atom. The average Bonchev–Trinajstić information content (AvgIpc) is 1.97. The van der Waals surface area contributed by atoms with Gasteiger partial charge in [-0.15, -0.1) is 0 Å². The quantitative estimate of drug-likeness (QED) is 0.324. The standard InChI is InChI=1S/C7H18OSi2/c1-2-3-4-5-6-7-10-8-9/h2-3H,4-7,10H2,1,9H3. The van der Waals surface area contributed by atoms with Gasteiger partial charge in [-0.2, -0.15) is 0 Å². The third-order valence-electron chi connectivity index (χ3n) is 1.45. The molecule has 60 valence electrons. The van der Waals surface area contributed by atoms with Gasteiger partial charge >= 0.3 is 0 Å². The van der Waals surface area contributed by atoms with Gasteiger partial charge in [-0.25, -0.2) is 0 Å². The van der Waals surface area contributed by atoms with Crippen molar-refractivity contribution in [2.24, 2.45) is 0 Å². The summed E-state index contributed by atoms with van der Waals surface area (Å²) in [5, 5.41) is 0. The molecule has 0 unspecified atom stereocenters. The second-order valence-electron chi connectivity index (χ2n) is 2.41. The maximum Gasteiger partial charge on any atom is 0.145 e. The molecule has 0 aliphatic carbocycles. The van der Waals surface area contributed by atoms with Crippen LogP contribution in [0.15, 0.2) is 12.2 Å². The minimum absolute atomic E-state index is 0.0749. The first-order chi connectivity index (χ1) is 4.91. The molecule has 0 saturated carbocycles. The van der Waals surface area contributed by atoms with Crippen molar-refractivity contribution in [3.63, 3.8) is 0 Å². The highest BCUT2D eigenvalue weighted by Crippen LogP contribution is 2.00. The van der Waals surface area contributed by atoms with E-state index in [1.54, 1.807) is 0 Å². The fourth-order valence-corrected chi connectivity index (χ4v) is 2.56. The van der Waals surface area contributed by atoms with Crippen LogP contribution in [0.25, 0.3) is 0 Å². The van der Waals surface area contributed by atoms with E-state index in [2.05, 4.69) is 19.1 Å². The number of hydrogen-bond donors (Lipinski definition) is 0. The molecule has 0 aromatic heterocycles. The molecular formula is C7H18OSi2. The Balaban J connectivity index is 2.77. The number of rotatable bonds is 6. The van der Waals surface area contributed by atoms with Gasteiger partial charge < -0.3 is 4.12 Å². The molecule has 0 aromatic rings. The van der Waals surface area contributed by atoms with Crippen molar-refractivity contribution in [3.8, 4) is 0 Å². The molecule has 3 heteroatoms. The minimum atomic E-state index is -0.0749. The Morgan fingerprint density at radius 3 is 2.90 bits per heavy atom. The Bertz CT molecular complexity index is 83.7. The molecule has 0 amide bonds. The van der Waals surface area contributed by atoms with Crippen LogP contribution in [0, 0.1) is 0 Å². The van der Waals surface area contributed by atoms with Gasteiger partial charge in [0.15, 0.2) is 0 Å². The number of allylic oxidation sites excluding steroid dienone is 2. The van der Waals surface area contributed by atoms with Gasteiger partial charge in [0.1, 0.15) is 20.2 Å². The normalized spacial score (nSPS) is 12.5. The number of unbranched alkanes of at least 4 members (excludes halogenated alkanes) is 2. The van der Waals surface area contributed by atoms with E-state index in [0.29, 0.717) is 0 Å². The van der Waals surface area contributed by atoms with Crippen molar-refractivity contribution >= 4 is 20.2 Å². The molecule has 0 saturated heterocycles. The molecule has 0 aliphatic rings. The van der Waals surface area contributed by atoms with E-state index in [0.717, 1.165) is 10.5 Å². The SMILES string of the molecule is CC=CCCCC[SiH2]O[SiH3]. The van der Waals surface area contributed by atoms with Crippen LogP contribution in [-0.4, -0.2) is 20.2 Å².